The summed E-state index contributed by atoms with van der Waals surface area (Å²) in [6, 6.07) is 6.69. The smallest absolute Gasteiger partial charge is 0.0600 e. The topological polar surface area (TPSA) is 32.5 Å². The molecule has 0 spiro atoms. The number of benzene rings is 1. The van der Waals surface area contributed by atoms with E-state index in [1.807, 2.05) is 0 Å². The summed E-state index contributed by atoms with van der Waals surface area (Å²) in [5.74, 6) is 0.858. The van der Waals surface area contributed by atoms with Gasteiger partial charge in [0.1, 0.15) is 0 Å². The highest BCUT2D eigenvalue weighted by Gasteiger charge is 2.17. The third-order valence-corrected chi connectivity index (χ3v) is 5.05. The number of nitrogens with two attached hydrogens (primary N) is 1. The monoisotopic (exact) mass is 303 g/mol. The molecular formula is C19H33N3. The predicted molar refractivity (Wildman–Crippen MR) is 97.6 cm³/mol. The van der Waals surface area contributed by atoms with E-state index >= 15 is 0 Å². The molecule has 124 valence electrons. The molecule has 0 unspecified atom stereocenters. The maximum absolute atomic E-state index is 6.32. The molecule has 1 aromatic rings. The largest absolute Gasteiger partial charge is 0.397 e. The molecule has 3 nitrogen and oxygen atoms in total. The van der Waals surface area contributed by atoms with Gasteiger partial charge in [-0.1, -0.05) is 26.8 Å². The van der Waals surface area contributed by atoms with Gasteiger partial charge in [0.2, 0.25) is 0 Å². The van der Waals surface area contributed by atoms with Crippen LogP contribution in [-0.4, -0.2) is 37.6 Å². The van der Waals surface area contributed by atoms with Crippen LogP contribution in [0.25, 0.3) is 0 Å². The van der Waals surface area contributed by atoms with Crippen molar-refractivity contribution in [2.45, 2.75) is 46.5 Å². The molecule has 1 saturated heterocycles. The first-order chi connectivity index (χ1) is 10.6. The van der Waals surface area contributed by atoms with Gasteiger partial charge < -0.3 is 15.5 Å². The van der Waals surface area contributed by atoms with E-state index in [1.165, 1.54) is 37.1 Å². The molecule has 1 aromatic carbocycles. The van der Waals surface area contributed by atoms with Crippen molar-refractivity contribution in [3.8, 4) is 0 Å². The molecule has 1 aliphatic rings. The Morgan fingerprint density at radius 2 is 1.86 bits per heavy atom. The lowest BCUT2D eigenvalue weighted by molar-refractivity contribution is 0.300. The molecule has 0 amide bonds. The minimum atomic E-state index is 0.858. The summed E-state index contributed by atoms with van der Waals surface area (Å²) in [6.45, 7) is 12.6. The van der Waals surface area contributed by atoms with Crippen LogP contribution in [0.2, 0.25) is 0 Å². The number of piperidine rings is 1. The first-order valence-corrected chi connectivity index (χ1v) is 8.99. The Morgan fingerprint density at radius 3 is 2.45 bits per heavy atom. The average Bonchev–Trinajstić information content (AvgIpc) is 2.53. The molecule has 22 heavy (non-hydrogen) atoms. The molecule has 0 radical (unpaired) electrons. The fraction of sp³-hybridized carbons (Fsp3) is 0.684. The molecule has 0 bridgehead atoms. The van der Waals surface area contributed by atoms with Gasteiger partial charge in [-0.3, -0.25) is 0 Å². The zero-order chi connectivity index (χ0) is 15.9. The van der Waals surface area contributed by atoms with E-state index in [2.05, 4.69) is 48.8 Å². The van der Waals surface area contributed by atoms with Gasteiger partial charge in [0.15, 0.2) is 0 Å². The summed E-state index contributed by atoms with van der Waals surface area (Å²) in [5.41, 5.74) is 9.88. The van der Waals surface area contributed by atoms with E-state index in [0.29, 0.717) is 0 Å². The maximum Gasteiger partial charge on any atom is 0.0600 e. The van der Waals surface area contributed by atoms with E-state index in [-0.39, 0.29) is 0 Å². The normalized spacial score (nSPS) is 16.5. The second-order valence-corrected chi connectivity index (χ2v) is 6.69. The Labute approximate surface area is 136 Å². The highest BCUT2D eigenvalue weighted by Crippen LogP contribution is 2.29. The van der Waals surface area contributed by atoms with Gasteiger partial charge in [-0.05, 0) is 68.9 Å². The summed E-state index contributed by atoms with van der Waals surface area (Å²) in [6.07, 6.45) is 4.90. The van der Waals surface area contributed by atoms with Gasteiger partial charge in [0, 0.05) is 13.1 Å². The third kappa shape index (κ3) is 4.64. The predicted octanol–water partition coefficient (Wildman–Crippen LogP) is 3.78. The number of aryl methyl sites for hydroxylation is 1. The van der Waals surface area contributed by atoms with Crippen molar-refractivity contribution in [1.82, 2.24) is 4.90 Å². The molecule has 2 N–H and O–H groups in total. The molecular weight excluding hydrogens is 270 g/mol. The average molecular weight is 303 g/mol. The first-order valence-electron chi connectivity index (χ1n) is 8.99. The number of anilines is 2. The van der Waals surface area contributed by atoms with Crippen molar-refractivity contribution in [3.63, 3.8) is 0 Å². The standard InChI is InChI=1S/C19H33N3/c1-4-21(5-2)12-6-7-17-8-9-19(18(20)15-17)22-13-10-16(3)11-14-22/h8-9,15-16H,4-7,10-14,20H2,1-3H3. The van der Waals surface area contributed by atoms with Gasteiger partial charge in [0.25, 0.3) is 0 Å². The van der Waals surface area contributed by atoms with Crippen molar-refractivity contribution < 1.29 is 0 Å². The molecule has 1 aliphatic heterocycles. The van der Waals surface area contributed by atoms with Gasteiger partial charge >= 0.3 is 0 Å². The van der Waals surface area contributed by atoms with E-state index in [0.717, 1.165) is 44.2 Å². The van der Waals surface area contributed by atoms with Gasteiger partial charge in [0.05, 0.1) is 11.4 Å². The Kier molecular flexibility index (Phi) is 6.56. The lowest BCUT2D eigenvalue weighted by Crippen LogP contribution is -2.33. The van der Waals surface area contributed by atoms with E-state index in [1.54, 1.807) is 0 Å². The Balaban J connectivity index is 1.89. The number of nitrogens with zero attached hydrogens (tertiary/aromatic N) is 2. The minimum Gasteiger partial charge on any atom is -0.397 e. The summed E-state index contributed by atoms with van der Waals surface area (Å²) in [7, 11) is 0. The zero-order valence-corrected chi connectivity index (χ0v) is 14.6. The van der Waals surface area contributed by atoms with Crippen LogP contribution in [-0.2, 0) is 6.42 Å². The van der Waals surface area contributed by atoms with Gasteiger partial charge in [-0.2, -0.15) is 0 Å². The van der Waals surface area contributed by atoms with Crippen molar-refractivity contribution in [2.24, 2.45) is 5.92 Å². The second kappa shape index (κ2) is 8.42. The first kappa shape index (κ1) is 17.1. The van der Waals surface area contributed by atoms with Crippen LogP contribution >= 0.6 is 0 Å². The quantitative estimate of drug-likeness (QED) is 0.778. The molecule has 0 atom stereocenters. The van der Waals surface area contributed by atoms with Crippen LogP contribution in [0.1, 0.15) is 45.6 Å². The summed E-state index contributed by atoms with van der Waals surface area (Å²) < 4.78 is 0. The van der Waals surface area contributed by atoms with E-state index < -0.39 is 0 Å². The number of rotatable bonds is 7. The number of hydrogen-bond acceptors (Lipinski definition) is 3. The van der Waals surface area contributed by atoms with Gasteiger partial charge in [-0.15, -0.1) is 0 Å². The molecule has 0 aromatic heterocycles. The van der Waals surface area contributed by atoms with E-state index in [9.17, 15) is 0 Å². The number of nitrogen functional groups attached to an aromatic ring is 1. The van der Waals surface area contributed by atoms with Crippen molar-refractivity contribution >= 4 is 11.4 Å². The SMILES string of the molecule is CCN(CC)CCCc1ccc(N2CCC(C)CC2)c(N)c1. The summed E-state index contributed by atoms with van der Waals surface area (Å²) in [5, 5.41) is 0. The lowest BCUT2D eigenvalue weighted by atomic mass is 9.98. The Bertz CT molecular complexity index is 446. The molecule has 3 heteroatoms. The fourth-order valence-corrected chi connectivity index (χ4v) is 3.34. The van der Waals surface area contributed by atoms with Crippen molar-refractivity contribution in [2.75, 3.05) is 43.4 Å². The summed E-state index contributed by atoms with van der Waals surface area (Å²) in [4.78, 5) is 4.93. The third-order valence-electron chi connectivity index (χ3n) is 5.05. The van der Waals surface area contributed by atoms with Crippen LogP contribution < -0.4 is 10.6 Å². The van der Waals surface area contributed by atoms with Crippen LogP contribution in [0.4, 0.5) is 11.4 Å². The molecule has 1 fully saturated rings. The van der Waals surface area contributed by atoms with Crippen LogP contribution in [0, 0.1) is 5.92 Å². The number of hydrogen-bond donors (Lipinski definition) is 1. The van der Waals surface area contributed by atoms with Gasteiger partial charge in [-0.25, -0.2) is 0 Å². The molecule has 0 saturated carbocycles. The van der Waals surface area contributed by atoms with Crippen LogP contribution in [0.5, 0.6) is 0 Å². The van der Waals surface area contributed by atoms with Crippen molar-refractivity contribution in [1.29, 1.82) is 0 Å². The lowest BCUT2D eigenvalue weighted by Gasteiger charge is -2.33. The van der Waals surface area contributed by atoms with Crippen LogP contribution in [0.3, 0.4) is 0 Å². The minimum absolute atomic E-state index is 0.858. The Hall–Kier alpha value is -1.22. The molecule has 0 aliphatic carbocycles. The molecule has 2 rings (SSSR count). The van der Waals surface area contributed by atoms with Crippen LogP contribution in [0.15, 0.2) is 18.2 Å². The maximum atomic E-state index is 6.32. The second-order valence-electron chi connectivity index (χ2n) is 6.69. The summed E-state index contributed by atoms with van der Waals surface area (Å²) >= 11 is 0. The fourth-order valence-electron chi connectivity index (χ4n) is 3.34. The van der Waals surface area contributed by atoms with E-state index in [4.69, 9.17) is 5.73 Å². The zero-order valence-electron chi connectivity index (χ0n) is 14.6. The molecule has 1 heterocycles. The highest BCUT2D eigenvalue weighted by atomic mass is 15.1. The Morgan fingerprint density at radius 1 is 1.18 bits per heavy atom. The van der Waals surface area contributed by atoms with Crippen molar-refractivity contribution in [3.05, 3.63) is 23.8 Å². The highest BCUT2D eigenvalue weighted by molar-refractivity contribution is 5.68.